The van der Waals surface area contributed by atoms with Crippen molar-refractivity contribution in [1.29, 1.82) is 0 Å². The van der Waals surface area contributed by atoms with Gasteiger partial charge in [-0.15, -0.1) is 0 Å². The Labute approximate surface area is 81.3 Å². The Balaban J connectivity index is 1.91. The standard InChI is InChI=1S/C8H17NOS2/c1-12(10)6-2-4-9-8-3-5-11-7-8/h8-9H,2-7H2,1H3. The van der Waals surface area contributed by atoms with Crippen molar-refractivity contribution in [2.45, 2.75) is 18.9 Å². The Morgan fingerprint density at radius 2 is 2.50 bits per heavy atom. The summed E-state index contributed by atoms with van der Waals surface area (Å²) in [4.78, 5) is 0. The molecule has 0 radical (unpaired) electrons. The summed E-state index contributed by atoms with van der Waals surface area (Å²) in [6.45, 7) is 1.03. The number of thioether (sulfide) groups is 1. The van der Waals surface area contributed by atoms with Crippen molar-refractivity contribution in [2.24, 2.45) is 0 Å². The molecule has 2 atom stereocenters. The first kappa shape index (κ1) is 10.5. The van der Waals surface area contributed by atoms with E-state index in [2.05, 4.69) is 5.32 Å². The van der Waals surface area contributed by atoms with Gasteiger partial charge in [0.25, 0.3) is 0 Å². The van der Waals surface area contributed by atoms with Gasteiger partial charge >= 0.3 is 0 Å². The van der Waals surface area contributed by atoms with E-state index in [0.717, 1.165) is 24.8 Å². The Bertz CT molecular complexity index is 146. The minimum absolute atomic E-state index is 0.614. The molecule has 0 bridgehead atoms. The third-order valence-electron chi connectivity index (χ3n) is 1.97. The molecule has 0 aromatic heterocycles. The molecule has 0 aromatic carbocycles. The largest absolute Gasteiger partial charge is 0.313 e. The van der Waals surface area contributed by atoms with Gasteiger partial charge in [0.2, 0.25) is 0 Å². The smallest absolute Gasteiger partial charge is 0.0244 e. The molecule has 1 fully saturated rings. The van der Waals surface area contributed by atoms with E-state index in [0.29, 0.717) is 0 Å². The summed E-state index contributed by atoms with van der Waals surface area (Å²) >= 11 is 2.02. The van der Waals surface area contributed by atoms with E-state index in [-0.39, 0.29) is 0 Å². The SMILES string of the molecule is CS(=O)CCCNC1CCSC1. The number of nitrogens with one attached hydrogen (secondary N) is 1. The van der Waals surface area contributed by atoms with E-state index < -0.39 is 10.8 Å². The molecule has 1 saturated heterocycles. The summed E-state index contributed by atoms with van der Waals surface area (Å²) in [6.07, 6.45) is 4.12. The van der Waals surface area contributed by atoms with E-state index in [9.17, 15) is 4.21 Å². The van der Waals surface area contributed by atoms with Crippen LogP contribution in [0, 0.1) is 0 Å². The molecule has 72 valence electrons. The summed E-state index contributed by atoms with van der Waals surface area (Å²) in [5.74, 6) is 3.40. The molecule has 1 rings (SSSR count). The monoisotopic (exact) mass is 207 g/mol. The van der Waals surface area contributed by atoms with Crippen molar-refractivity contribution in [3.8, 4) is 0 Å². The van der Waals surface area contributed by atoms with Crippen LogP contribution in [0.3, 0.4) is 0 Å². The third-order valence-corrected chi connectivity index (χ3v) is 4.00. The lowest BCUT2D eigenvalue weighted by Gasteiger charge is -2.09. The van der Waals surface area contributed by atoms with Crippen LogP contribution in [0.1, 0.15) is 12.8 Å². The maximum absolute atomic E-state index is 10.7. The molecule has 0 aliphatic carbocycles. The van der Waals surface area contributed by atoms with Gasteiger partial charge in [-0.2, -0.15) is 11.8 Å². The summed E-state index contributed by atoms with van der Waals surface area (Å²) in [6, 6.07) is 0.722. The van der Waals surface area contributed by atoms with Crippen LogP contribution < -0.4 is 5.32 Å². The maximum atomic E-state index is 10.7. The topological polar surface area (TPSA) is 29.1 Å². The van der Waals surface area contributed by atoms with Crippen molar-refractivity contribution in [1.82, 2.24) is 5.32 Å². The zero-order chi connectivity index (χ0) is 8.81. The Morgan fingerprint density at radius 3 is 3.08 bits per heavy atom. The highest BCUT2D eigenvalue weighted by molar-refractivity contribution is 7.99. The lowest BCUT2D eigenvalue weighted by atomic mass is 10.2. The van der Waals surface area contributed by atoms with E-state index in [1.165, 1.54) is 17.9 Å². The van der Waals surface area contributed by atoms with Crippen LogP contribution >= 0.6 is 11.8 Å². The van der Waals surface area contributed by atoms with Crippen molar-refractivity contribution >= 4 is 22.6 Å². The first-order chi connectivity index (χ1) is 5.79. The van der Waals surface area contributed by atoms with Gasteiger partial charge in [0.1, 0.15) is 0 Å². The van der Waals surface area contributed by atoms with Crippen molar-refractivity contribution in [2.75, 3.05) is 30.1 Å². The van der Waals surface area contributed by atoms with Gasteiger partial charge in [0.05, 0.1) is 0 Å². The predicted molar refractivity (Wildman–Crippen MR) is 57.3 cm³/mol. The van der Waals surface area contributed by atoms with E-state index in [1.807, 2.05) is 11.8 Å². The number of hydrogen-bond donors (Lipinski definition) is 1. The van der Waals surface area contributed by atoms with Crippen LogP contribution in [-0.2, 0) is 10.8 Å². The average molecular weight is 207 g/mol. The van der Waals surface area contributed by atoms with E-state index in [4.69, 9.17) is 0 Å². The molecule has 1 N–H and O–H groups in total. The Kier molecular flexibility index (Phi) is 5.27. The minimum Gasteiger partial charge on any atom is -0.313 e. The van der Waals surface area contributed by atoms with Gasteiger partial charge < -0.3 is 5.32 Å². The Morgan fingerprint density at radius 1 is 1.67 bits per heavy atom. The number of rotatable bonds is 5. The maximum Gasteiger partial charge on any atom is 0.0244 e. The highest BCUT2D eigenvalue weighted by atomic mass is 32.2. The summed E-state index contributed by atoms with van der Waals surface area (Å²) < 4.78 is 10.7. The van der Waals surface area contributed by atoms with Gasteiger partial charge in [-0.1, -0.05) is 0 Å². The second kappa shape index (κ2) is 6.00. The second-order valence-electron chi connectivity index (χ2n) is 3.15. The molecular weight excluding hydrogens is 190 g/mol. The molecule has 0 amide bonds. The molecule has 2 unspecified atom stereocenters. The van der Waals surface area contributed by atoms with Crippen LogP contribution in [0.15, 0.2) is 0 Å². The van der Waals surface area contributed by atoms with Crippen LogP contribution in [0.4, 0.5) is 0 Å². The normalized spacial score (nSPS) is 25.9. The molecule has 0 saturated carbocycles. The van der Waals surface area contributed by atoms with Crippen LogP contribution in [-0.4, -0.2) is 40.3 Å². The third kappa shape index (κ3) is 4.48. The van der Waals surface area contributed by atoms with E-state index in [1.54, 1.807) is 6.26 Å². The highest BCUT2D eigenvalue weighted by Crippen LogP contribution is 2.16. The molecule has 4 heteroatoms. The van der Waals surface area contributed by atoms with Gasteiger partial charge in [-0.25, -0.2) is 0 Å². The quantitative estimate of drug-likeness (QED) is 0.678. The van der Waals surface area contributed by atoms with Gasteiger partial charge in [0.15, 0.2) is 0 Å². The minimum atomic E-state index is -0.614. The van der Waals surface area contributed by atoms with Gasteiger partial charge in [-0.05, 0) is 25.1 Å². The van der Waals surface area contributed by atoms with Crippen LogP contribution in [0.5, 0.6) is 0 Å². The fourth-order valence-corrected chi connectivity index (χ4v) is 3.01. The summed E-state index contributed by atoms with van der Waals surface area (Å²) in [5, 5.41) is 3.48. The summed E-state index contributed by atoms with van der Waals surface area (Å²) in [7, 11) is -0.614. The number of hydrogen-bond acceptors (Lipinski definition) is 3. The predicted octanol–water partition coefficient (Wildman–Crippen LogP) is 0.850. The first-order valence-corrected chi connectivity index (χ1v) is 7.28. The van der Waals surface area contributed by atoms with Crippen molar-refractivity contribution in [3.63, 3.8) is 0 Å². The molecular formula is C8H17NOS2. The average Bonchev–Trinajstić information content (AvgIpc) is 2.49. The summed E-state index contributed by atoms with van der Waals surface area (Å²) in [5.41, 5.74) is 0. The highest BCUT2D eigenvalue weighted by Gasteiger charge is 2.13. The zero-order valence-electron chi connectivity index (χ0n) is 7.54. The molecule has 1 aliphatic heterocycles. The fourth-order valence-electron chi connectivity index (χ4n) is 1.28. The molecule has 12 heavy (non-hydrogen) atoms. The first-order valence-electron chi connectivity index (χ1n) is 4.40. The van der Waals surface area contributed by atoms with Crippen LogP contribution in [0.25, 0.3) is 0 Å². The Hall–Kier alpha value is 0.460. The van der Waals surface area contributed by atoms with Gasteiger partial charge in [-0.3, -0.25) is 4.21 Å². The molecule has 1 aliphatic rings. The molecule has 0 aromatic rings. The van der Waals surface area contributed by atoms with Crippen LogP contribution in [0.2, 0.25) is 0 Å². The lowest BCUT2D eigenvalue weighted by molar-refractivity contribution is 0.555. The second-order valence-corrected chi connectivity index (χ2v) is 5.85. The zero-order valence-corrected chi connectivity index (χ0v) is 9.18. The van der Waals surface area contributed by atoms with Gasteiger partial charge in [0, 0.05) is 34.6 Å². The lowest BCUT2D eigenvalue weighted by Crippen LogP contribution is -2.30. The molecule has 1 heterocycles. The molecule has 0 spiro atoms. The van der Waals surface area contributed by atoms with Crippen molar-refractivity contribution < 1.29 is 4.21 Å². The fraction of sp³-hybridized carbons (Fsp3) is 1.00. The van der Waals surface area contributed by atoms with E-state index >= 15 is 0 Å². The van der Waals surface area contributed by atoms with Crippen molar-refractivity contribution in [3.05, 3.63) is 0 Å². The molecule has 2 nitrogen and oxygen atoms in total.